The lowest BCUT2D eigenvalue weighted by Gasteiger charge is -2.26. The molecule has 2 aromatic heterocycles. The third-order valence-corrected chi connectivity index (χ3v) is 5.64. The van der Waals surface area contributed by atoms with E-state index >= 15 is 0 Å². The van der Waals surface area contributed by atoms with Crippen molar-refractivity contribution in [2.45, 2.75) is 39.5 Å². The SMILES string of the molecule is Cc1noc(C)c1-c1cncc(C[C@@H]2CCN(C(=O)C3CCOCC3)C2)n1. The van der Waals surface area contributed by atoms with Crippen molar-refractivity contribution in [3.8, 4) is 11.3 Å². The first-order valence-corrected chi connectivity index (χ1v) is 9.72. The van der Waals surface area contributed by atoms with Crippen LogP contribution in [-0.2, 0) is 16.0 Å². The van der Waals surface area contributed by atoms with Crippen molar-refractivity contribution >= 4 is 5.91 Å². The number of carbonyl (C=O) groups is 1. The van der Waals surface area contributed by atoms with Gasteiger partial charge in [-0.05, 0) is 45.4 Å². The van der Waals surface area contributed by atoms with E-state index in [9.17, 15) is 4.79 Å². The van der Waals surface area contributed by atoms with E-state index in [2.05, 4.69) is 10.1 Å². The molecule has 0 unspecified atom stereocenters. The minimum Gasteiger partial charge on any atom is -0.381 e. The lowest BCUT2D eigenvalue weighted by atomic mass is 9.98. The first-order valence-electron chi connectivity index (χ1n) is 9.72. The monoisotopic (exact) mass is 370 g/mol. The number of nitrogens with zero attached hydrogens (tertiary/aromatic N) is 4. The third kappa shape index (κ3) is 3.88. The summed E-state index contributed by atoms with van der Waals surface area (Å²) in [6, 6.07) is 0. The molecule has 2 aromatic rings. The fourth-order valence-corrected chi connectivity index (χ4v) is 4.17. The fourth-order valence-electron chi connectivity index (χ4n) is 4.17. The molecule has 2 fully saturated rings. The van der Waals surface area contributed by atoms with Crippen LogP contribution in [0.5, 0.6) is 0 Å². The van der Waals surface area contributed by atoms with Crippen molar-refractivity contribution in [2.24, 2.45) is 11.8 Å². The quantitative estimate of drug-likeness (QED) is 0.823. The zero-order valence-corrected chi connectivity index (χ0v) is 16.0. The highest BCUT2D eigenvalue weighted by Crippen LogP contribution is 2.27. The molecule has 0 spiro atoms. The van der Waals surface area contributed by atoms with Gasteiger partial charge in [-0.1, -0.05) is 5.16 Å². The van der Waals surface area contributed by atoms with Gasteiger partial charge in [0, 0.05) is 38.4 Å². The number of amides is 1. The molecule has 1 atom stereocenters. The average Bonchev–Trinajstić information content (AvgIpc) is 3.28. The van der Waals surface area contributed by atoms with E-state index in [0.717, 1.165) is 67.2 Å². The summed E-state index contributed by atoms with van der Waals surface area (Å²) in [5.41, 5.74) is 3.51. The van der Waals surface area contributed by atoms with Gasteiger partial charge in [-0.15, -0.1) is 0 Å². The van der Waals surface area contributed by atoms with Crippen molar-refractivity contribution in [2.75, 3.05) is 26.3 Å². The van der Waals surface area contributed by atoms with Crippen molar-refractivity contribution in [3.63, 3.8) is 0 Å². The van der Waals surface area contributed by atoms with Crippen molar-refractivity contribution in [3.05, 3.63) is 29.5 Å². The van der Waals surface area contributed by atoms with Crippen LogP contribution in [0.1, 0.15) is 36.4 Å². The van der Waals surface area contributed by atoms with Gasteiger partial charge in [0.1, 0.15) is 5.76 Å². The predicted octanol–water partition coefficient (Wildman–Crippen LogP) is 2.57. The zero-order valence-electron chi connectivity index (χ0n) is 16.0. The van der Waals surface area contributed by atoms with Gasteiger partial charge in [0.25, 0.3) is 0 Å². The van der Waals surface area contributed by atoms with Crippen LogP contribution in [0.15, 0.2) is 16.9 Å². The molecule has 2 saturated heterocycles. The normalized spacial score (nSPS) is 21.0. The van der Waals surface area contributed by atoms with Crippen LogP contribution in [0.2, 0.25) is 0 Å². The highest BCUT2D eigenvalue weighted by molar-refractivity contribution is 5.79. The zero-order chi connectivity index (χ0) is 18.8. The number of likely N-dealkylation sites (tertiary alicyclic amines) is 1. The van der Waals surface area contributed by atoms with E-state index in [1.165, 1.54) is 0 Å². The molecular weight excluding hydrogens is 344 g/mol. The van der Waals surface area contributed by atoms with E-state index in [1.807, 2.05) is 24.9 Å². The van der Waals surface area contributed by atoms with Gasteiger partial charge in [0.15, 0.2) is 0 Å². The molecule has 7 heteroatoms. The molecule has 0 radical (unpaired) electrons. The van der Waals surface area contributed by atoms with Crippen molar-refractivity contribution in [1.82, 2.24) is 20.0 Å². The summed E-state index contributed by atoms with van der Waals surface area (Å²) in [4.78, 5) is 23.9. The Bertz CT molecular complexity index is 794. The van der Waals surface area contributed by atoms with Crippen LogP contribution in [0.25, 0.3) is 11.3 Å². The van der Waals surface area contributed by atoms with Crippen molar-refractivity contribution < 1.29 is 14.1 Å². The predicted molar refractivity (Wildman–Crippen MR) is 98.9 cm³/mol. The molecular formula is C20H26N4O3. The number of ether oxygens (including phenoxy) is 1. The molecule has 0 aromatic carbocycles. The molecule has 0 N–H and O–H groups in total. The summed E-state index contributed by atoms with van der Waals surface area (Å²) in [5, 5.41) is 4.00. The molecule has 4 rings (SSSR count). The van der Waals surface area contributed by atoms with Gasteiger partial charge >= 0.3 is 0 Å². The summed E-state index contributed by atoms with van der Waals surface area (Å²) >= 11 is 0. The summed E-state index contributed by atoms with van der Waals surface area (Å²) in [7, 11) is 0. The molecule has 0 aliphatic carbocycles. The number of aromatic nitrogens is 3. The first kappa shape index (κ1) is 18.1. The Morgan fingerprint density at radius 1 is 1.22 bits per heavy atom. The van der Waals surface area contributed by atoms with Gasteiger partial charge in [-0.2, -0.15) is 0 Å². The fraction of sp³-hybridized carbons (Fsp3) is 0.600. The molecule has 0 saturated carbocycles. The summed E-state index contributed by atoms with van der Waals surface area (Å²) in [5.74, 6) is 1.63. The van der Waals surface area contributed by atoms with Crippen LogP contribution in [-0.4, -0.2) is 52.2 Å². The molecule has 144 valence electrons. The standard InChI is InChI=1S/C20H26N4O3/c1-13-19(14(2)27-23-13)18-11-21-10-17(22-18)9-15-3-6-24(12-15)20(25)16-4-7-26-8-5-16/h10-11,15-16H,3-9,12H2,1-2H3/t15-/m0/s1. The van der Waals surface area contributed by atoms with Gasteiger partial charge in [-0.25, -0.2) is 4.98 Å². The van der Waals surface area contributed by atoms with Crippen LogP contribution in [0, 0.1) is 25.7 Å². The molecule has 7 nitrogen and oxygen atoms in total. The maximum atomic E-state index is 12.7. The minimum atomic E-state index is 0.139. The van der Waals surface area contributed by atoms with Crippen LogP contribution in [0.4, 0.5) is 0 Å². The van der Waals surface area contributed by atoms with E-state index < -0.39 is 0 Å². The van der Waals surface area contributed by atoms with E-state index in [4.69, 9.17) is 14.2 Å². The van der Waals surface area contributed by atoms with Crippen LogP contribution >= 0.6 is 0 Å². The minimum absolute atomic E-state index is 0.139. The number of hydrogen-bond donors (Lipinski definition) is 0. The second-order valence-corrected chi connectivity index (χ2v) is 7.62. The van der Waals surface area contributed by atoms with Gasteiger partial charge in [0.05, 0.1) is 28.8 Å². The van der Waals surface area contributed by atoms with E-state index in [0.29, 0.717) is 25.0 Å². The Morgan fingerprint density at radius 2 is 2.04 bits per heavy atom. The summed E-state index contributed by atoms with van der Waals surface area (Å²) < 4.78 is 10.6. The molecule has 0 bridgehead atoms. The highest BCUT2D eigenvalue weighted by Gasteiger charge is 2.32. The lowest BCUT2D eigenvalue weighted by Crippen LogP contribution is -2.37. The number of hydrogen-bond acceptors (Lipinski definition) is 6. The lowest BCUT2D eigenvalue weighted by molar-refractivity contribution is -0.137. The third-order valence-electron chi connectivity index (χ3n) is 5.64. The Labute approximate surface area is 159 Å². The maximum Gasteiger partial charge on any atom is 0.225 e. The van der Waals surface area contributed by atoms with Crippen LogP contribution < -0.4 is 0 Å². The number of carbonyl (C=O) groups excluding carboxylic acids is 1. The number of rotatable bonds is 4. The number of aryl methyl sites for hydroxylation is 2. The largest absolute Gasteiger partial charge is 0.381 e. The second kappa shape index (κ2) is 7.76. The van der Waals surface area contributed by atoms with Gasteiger partial charge in [-0.3, -0.25) is 9.78 Å². The maximum absolute atomic E-state index is 12.7. The topological polar surface area (TPSA) is 81.4 Å². The van der Waals surface area contributed by atoms with E-state index in [-0.39, 0.29) is 5.92 Å². The summed E-state index contributed by atoms with van der Waals surface area (Å²) in [6.45, 7) is 6.87. The molecule has 2 aliphatic heterocycles. The molecule has 4 heterocycles. The summed E-state index contributed by atoms with van der Waals surface area (Å²) in [6.07, 6.45) is 7.14. The van der Waals surface area contributed by atoms with Crippen molar-refractivity contribution in [1.29, 1.82) is 0 Å². The second-order valence-electron chi connectivity index (χ2n) is 7.62. The highest BCUT2D eigenvalue weighted by atomic mass is 16.5. The Balaban J connectivity index is 1.40. The van der Waals surface area contributed by atoms with Gasteiger partial charge < -0.3 is 14.2 Å². The van der Waals surface area contributed by atoms with Crippen LogP contribution in [0.3, 0.4) is 0 Å². The first-order chi connectivity index (χ1) is 13.1. The Morgan fingerprint density at radius 3 is 2.78 bits per heavy atom. The molecule has 27 heavy (non-hydrogen) atoms. The Kier molecular flexibility index (Phi) is 5.20. The average molecular weight is 370 g/mol. The molecule has 2 aliphatic rings. The van der Waals surface area contributed by atoms with E-state index in [1.54, 1.807) is 6.20 Å². The van der Waals surface area contributed by atoms with Gasteiger partial charge in [0.2, 0.25) is 5.91 Å². The smallest absolute Gasteiger partial charge is 0.225 e. The Hall–Kier alpha value is -2.28. The molecule has 1 amide bonds.